The van der Waals surface area contributed by atoms with E-state index in [4.69, 9.17) is 9.47 Å². The van der Waals surface area contributed by atoms with Crippen LogP contribution < -0.4 is 5.32 Å². The molecule has 0 saturated carbocycles. The molecule has 1 aliphatic heterocycles. The third kappa shape index (κ3) is 6.43. The fraction of sp³-hybridized carbons (Fsp3) is 0.500. The van der Waals surface area contributed by atoms with Crippen LogP contribution in [0.4, 0.5) is 9.59 Å². The molecule has 2 rings (SSSR count). The van der Waals surface area contributed by atoms with E-state index in [1.807, 2.05) is 70.2 Å². The van der Waals surface area contributed by atoms with E-state index in [0.29, 0.717) is 19.5 Å². The topological polar surface area (TPSA) is 67.9 Å². The Bertz CT molecular complexity index is 652. The van der Waals surface area contributed by atoms with Crippen molar-refractivity contribution in [3.8, 4) is 0 Å². The Morgan fingerprint density at radius 3 is 2.54 bits per heavy atom. The molecule has 1 atom stereocenters. The Morgan fingerprint density at radius 1 is 1.19 bits per heavy atom. The van der Waals surface area contributed by atoms with Crippen LogP contribution in [0.1, 0.15) is 39.7 Å². The molecule has 1 aliphatic rings. The van der Waals surface area contributed by atoms with E-state index in [1.54, 1.807) is 4.90 Å². The minimum Gasteiger partial charge on any atom is -0.445 e. The Kier molecular flexibility index (Phi) is 6.29. The monoisotopic (exact) mass is 360 g/mol. The fourth-order valence-electron chi connectivity index (χ4n) is 2.66. The maximum absolute atomic E-state index is 12.4. The van der Waals surface area contributed by atoms with E-state index in [2.05, 4.69) is 5.32 Å². The Labute approximate surface area is 155 Å². The average Bonchev–Trinajstić information content (AvgIpc) is 2.74. The molecule has 6 heteroatoms. The number of nitrogens with one attached hydrogen (secondary N) is 1. The highest BCUT2D eigenvalue weighted by Gasteiger charge is 2.33. The van der Waals surface area contributed by atoms with Gasteiger partial charge in [0.2, 0.25) is 0 Å². The number of ether oxygens (including phenoxy) is 2. The Hall–Kier alpha value is -2.50. The highest BCUT2D eigenvalue weighted by atomic mass is 16.6. The van der Waals surface area contributed by atoms with E-state index in [1.165, 1.54) is 0 Å². The van der Waals surface area contributed by atoms with Gasteiger partial charge >= 0.3 is 12.2 Å². The van der Waals surface area contributed by atoms with Gasteiger partial charge in [-0.05, 0) is 39.7 Å². The molecule has 0 aromatic heterocycles. The van der Waals surface area contributed by atoms with Crippen molar-refractivity contribution in [2.75, 3.05) is 13.1 Å². The summed E-state index contributed by atoms with van der Waals surface area (Å²) in [5.41, 5.74) is -0.271. The van der Waals surface area contributed by atoms with Gasteiger partial charge in [0.15, 0.2) is 0 Å². The molecule has 0 fully saturated rings. The van der Waals surface area contributed by atoms with Crippen LogP contribution in [0.15, 0.2) is 42.5 Å². The van der Waals surface area contributed by atoms with E-state index < -0.39 is 23.3 Å². The highest BCUT2D eigenvalue weighted by molar-refractivity contribution is 5.70. The zero-order valence-electron chi connectivity index (χ0n) is 16.0. The molecule has 142 valence electrons. The molecule has 6 nitrogen and oxygen atoms in total. The normalized spacial score (nSPS) is 20.2. The summed E-state index contributed by atoms with van der Waals surface area (Å²) < 4.78 is 10.7. The highest BCUT2D eigenvalue weighted by Crippen LogP contribution is 2.19. The molecular formula is C20H28N2O4. The molecule has 1 N–H and O–H groups in total. The van der Waals surface area contributed by atoms with Crippen LogP contribution in [0, 0.1) is 0 Å². The molecule has 0 saturated heterocycles. The van der Waals surface area contributed by atoms with Gasteiger partial charge in [-0.25, -0.2) is 9.59 Å². The zero-order chi connectivity index (χ0) is 19.2. The second kappa shape index (κ2) is 8.25. The van der Waals surface area contributed by atoms with Crippen molar-refractivity contribution in [1.82, 2.24) is 10.2 Å². The van der Waals surface area contributed by atoms with Crippen molar-refractivity contribution in [1.29, 1.82) is 0 Å². The summed E-state index contributed by atoms with van der Waals surface area (Å²) in [6, 6.07) is 9.49. The van der Waals surface area contributed by atoms with Gasteiger partial charge in [-0.15, -0.1) is 0 Å². The summed E-state index contributed by atoms with van der Waals surface area (Å²) >= 11 is 0. The Morgan fingerprint density at radius 2 is 1.88 bits per heavy atom. The molecule has 0 aliphatic carbocycles. The maximum atomic E-state index is 12.4. The predicted molar refractivity (Wildman–Crippen MR) is 99.7 cm³/mol. The average molecular weight is 360 g/mol. The molecule has 0 unspecified atom stereocenters. The van der Waals surface area contributed by atoms with E-state index in [9.17, 15) is 9.59 Å². The third-order valence-corrected chi connectivity index (χ3v) is 3.87. The molecule has 1 aromatic carbocycles. The molecule has 2 amide bonds. The number of hydrogen-bond acceptors (Lipinski definition) is 4. The number of alkyl carbamates (subject to hydrolysis) is 1. The van der Waals surface area contributed by atoms with E-state index in [0.717, 1.165) is 5.56 Å². The van der Waals surface area contributed by atoms with Crippen molar-refractivity contribution >= 4 is 12.2 Å². The lowest BCUT2D eigenvalue weighted by Crippen LogP contribution is -2.54. The number of nitrogens with zero attached hydrogens (tertiary/aromatic N) is 1. The van der Waals surface area contributed by atoms with Crippen LogP contribution in [0.5, 0.6) is 0 Å². The lowest BCUT2D eigenvalue weighted by Gasteiger charge is -2.34. The van der Waals surface area contributed by atoms with Gasteiger partial charge < -0.3 is 19.7 Å². The summed E-state index contributed by atoms with van der Waals surface area (Å²) in [5, 5.41) is 2.89. The molecule has 1 heterocycles. The molecule has 0 bridgehead atoms. The van der Waals surface area contributed by atoms with Crippen molar-refractivity contribution < 1.29 is 19.1 Å². The van der Waals surface area contributed by atoms with Crippen LogP contribution in [-0.4, -0.2) is 41.3 Å². The van der Waals surface area contributed by atoms with Crippen molar-refractivity contribution in [2.24, 2.45) is 0 Å². The van der Waals surface area contributed by atoms with Gasteiger partial charge in [0.25, 0.3) is 0 Å². The van der Waals surface area contributed by atoms with Crippen molar-refractivity contribution in [2.45, 2.75) is 51.9 Å². The molecule has 26 heavy (non-hydrogen) atoms. The second-order valence-electron chi connectivity index (χ2n) is 7.78. The Balaban J connectivity index is 1.94. The third-order valence-electron chi connectivity index (χ3n) is 3.87. The van der Waals surface area contributed by atoms with Crippen LogP contribution in [0.25, 0.3) is 0 Å². The number of amides is 2. The minimum atomic E-state index is -0.627. The van der Waals surface area contributed by atoms with Gasteiger partial charge in [0.1, 0.15) is 12.2 Å². The first-order chi connectivity index (χ1) is 12.2. The summed E-state index contributed by atoms with van der Waals surface area (Å²) in [6.07, 6.45) is 3.58. The van der Waals surface area contributed by atoms with E-state index in [-0.39, 0.29) is 6.61 Å². The number of rotatable bonds is 3. The number of benzene rings is 1. The number of carbonyl (C=O) groups is 2. The lowest BCUT2D eigenvalue weighted by atomic mass is 9.98. The fourth-order valence-corrected chi connectivity index (χ4v) is 2.66. The van der Waals surface area contributed by atoms with E-state index >= 15 is 0 Å². The second-order valence-corrected chi connectivity index (χ2v) is 7.78. The zero-order valence-corrected chi connectivity index (χ0v) is 16.0. The van der Waals surface area contributed by atoms with Crippen molar-refractivity contribution in [3.05, 3.63) is 48.0 Å². The van der Waals surface area contributed by atoms with Gasteiger partial charge in [-0.2, -0.15) is 0 Å². The minimum absolute atomic E-state index is 0.203. The SMILES string of the molecule is CC(C)(C)OC(=O)N1CC=CC[C@](C)(NC(=O)OCc2ccccc2)C1. The predicted octanol–water partition coefficient (Wildman–Crippen LogP) is 3.87. The standard InChI is InChI=1S/C20H28N2O4/c1-19(2,3)26-18(24)22-13-9-8-12-20(4,15-22)21-17(23)25-14-16-10-6-5-7-11-16/h5-11H,12-15H2,1-4H3,(H,21,23)/t20-/m0/s1. The van der Waals surface area contributed by atoms with Crippen LogP contribution in [0.3, 0.4) is 0 Å². The summed E-state index contributed by atoms with van der Waals surface area (Å²) in [6.45, 7) is 8.38. The molecule has 0 radical (unpaired) electrons. The first-order valence-electron chi connectivity index (χ1n) is 8.79. The van der Waals surface area contributed by atoms with Gasteiger partial charge in [0.05, 0.1) is 5.54 Å². The molecule has 0 spiro atoms. The molecular weight excluding hydrogens is 332 g/mol. The van der Waals surface area contributed by atoms with Crippen LogP contribution >= 0.6 is 0 Å². The maximum Gasteiger partial charge on any atom is 0.410 e. The largest absolute Gasteiger partial charge is 0.445 e. The first-order valence-corrected chi connectivity index (χ1v) is 8.79. The summed E-state index contributed by atoms with van der Waals surface area (Å²) in [5.74, 6) is 0. The quantitative estimate of drug-likeness (QED) is 0.831. The van der Waals surface area contributed by atoms with Gasteiger partial charge in [0, 0.05) is 13.1 Å². The number of carbonyl (C=O) groups excluding carboxylic acids is 2. The summed E-state index contributed by atoms with van der Waals surface area (Å²) in [7, 11) is 0. The van der Waals surface area contributed by atoms with Crippen LogP contribution in [0.2, 0.25) is 0 Å². The summed E-state index contributed by atoms with van der Waals surface area (Å²) in [4.78, 5) is 26.2. The van der Waals surface area contributed by atoms with Crippen LogP contribution in [-0.2, 0) is 16.1 Å². The smallest absolute Gasteiger partial charge is 0.410 e. The van der Waals surface area contributed by atoms with Gasteiger partial charge in [-0.3, -0.25) is 0 Å². The van der Waals surface area contributed by atoms with Crippen molar-refractivity contribution in [3.63, 3.8) is 0 Å². The lowest BCUT2D eigenvalue weighted by molar-refractivity contribution is 0.0224. The first kappa shape index (κ1) is 19.8. The molecule has 1 aromatic rings. The number of hydrogen-bond donors (Lipinski definition) is 1. The van der Waals surface area contributed by atoms with Gasteiger partial charge in [-0.1, -0.05) is 42.5 Å².